The van der Waals surface area contributed by atoms with Crippen LogP contribution >= 0.6 is 15.9 Å². The number of aromatic nitrogens is 1. The quantitative estimate of drug-likeness (QED) is 0.816. The number of ketones is 1. The highest BCUT2D eigenvalue weighted by Gasteiger charge is 2.18. The number of halogens is 1. The van der Waals surface area contributed by atoms with E-state index in [4.69, 9.17) is 4.74 Å². The molecule has 0 fully saturated rings. The summed E-state index contributed by atoms with van der Waals surface area (Å²) in [4.78, 5) is 16.5. The summed E-state index contributed by atoms with van der Waals surface area (Å²) in [7, 11) is 1.55. The molecule has 0 saturated carbocycles. The van der Waals surface area contributed by atoms with Gasteiger partial charge >= 0.3 is 0 Å². The fourth-order valence-electron chi connectivity index (χ4n) is 1.68. The van der Waals surface area contributed by atoms with E-state index < -0.39 is 0 Å². The fraction of sp³-hybridized carbons (Fsp3) is 0.143. The zero-order chi connectivity index (χ0) is 13.1. The van der Waals surface area contributed by atoms with Crippen LogP contribution in [0.5, 0.6) is 5.75 Å². The van der Waals surface area contributed by atoms with E-state index in [2.05, 4.69) is 20.9 Å². The van der Waals surface area contributed by atoms with Gasteiger partial charge in [-0.25, -0.2) is 0 Å². The van der Waals surface area contributed by atoms with Crippen molar-refractivity contribution in [2.75, 3.05) is 7.11 Å². The molecule has 0 radical (unpaired) electrons. The first-order valence-corrected chi connectivity index (χ1v) is 6.22. The van der Waals surface area contributed by atoms with E-state index >= 15 is 0 Å². The van der Waals surface area contributed by atoms with Crippen LogP contribution < -0.4 is 4.74 Å². The van der Waals surface area contributed by atoms with Gasteiger partial charge in [0.2, 0.25) is 5.78 Å². The van der Waals surface area contributed by atoms with E-state index in [-0.39, 0.29) is 5.78 Å². The van der Waals surface area contributed by atoms with Gasteiger partial charge in [0.1, 0.15) is 11.4 Å². The molecule has 1 aromatic heterocycles. The molecular weight excluding hydrogens is 294 g/mol. The number of aryl methyl sites for hydroxylation is 1. The number of carbonyl (C=O) groups excluding carboxylic acids is 1. The van der Waals surface area contributed by atoms with Crippen molar-refractivity contribution in [3.63, 3.8) is 0 Å². The van der Waals surface area contributed by atoms with Gasteiger partial charge in [0.25, 0.3) is 0 Å². The number of nitrogens with zero attached hydrogens (tertiary/aromatic N) is 1. The Morgan fingerprint density at radius 1 is 1.33 bits per heavy atom. The fourth-order valence-corrected chi connectivity index (χ4v) is 2.11. The lowest BCUT2D eigenvalue weighted by Crippen LogP contribution is -2.07. The molecule has 0 aliphatic carbocycles. The van der Waals surface area contributed by atoms with Gasteiger partial charge in [0, 0.05) is 10.7 Å². The van der Waals surface area contributed by atoms with Gasteiger partial charge in [-0.05, 0) is 47.1 Å². The van der Waals surface area contributed by atoms with Crippen molar-refractivity contribution in [1.82, 2.24) is 4.98 Å². The first-order chi connectivity index (χ1) is 8.63. The Labute approximate surface area is 114 Å². The SMILES string of the molecule is COc1ccc(C)cc1C(=O)c1ncccc1Br. The van der Waals surface area contributed by atoms with Gasteiger partial charge in [-0.2, -0.15) is 0 Å². The Bertz CT molecular complexity index is 596. The Kier molecular flexibility index (Phi) is 3.77. The minimum absolute atomic E-state index is 0.150. The van der Waals surface area contributed by atoms with E-state index in [1.54, 1.807) is 31.5 Å². The molecule has 0 amide bonds. The van der Waals surface area contributed by atoms with Crippen LogP contribution in [0.3, 0.4) is 0 Å². The number of benzene rings is 1. The summed E-state index contributed by atoms with van der Waals surface area (Å²) < 4.78 is 5.90. The number of carbonyl (C=O) groups is 1. The highest BCUT2D eigenvalue weighted by atomic mass is 79.9. The van der Waals surface area contributed by atoms with Crippen molar-refractivity contribution >= 4 is 21.7 Å². The summed E-state index contributed by atoms with van der Waals surface area (Å²) in [6, 6.07) is 9.07. The summed E-state index contributed by atoms with van der Waals surface area (Å²) in [6.45, 7) is 1.93. The zero-order valence-electron chi connectivity index (χ0n) is 10.1. The molecule has 4 heteroatoms. The van der Waals surface area contributed by atoms with Crippen LogP contribution in [0.15, 0.2) is 41.0 Å². The predicted molar refractivity (Wildman–Crippen MR) is 73.1 cm³/mol. The minimum atomic E-state index is -0.150. The molecule has 92 valence electrons. The Hall–Kier alpha value is -1.68. The zero-order valence-corrected chi connectivity index (χ0v) is 11.7. The van der Waals surface area contributed by atoms with Crippen molar-refractivity contribution in [1.29, 1.82) is 0 Å². The highest BCUT2D eigenvalue weighted by Crippen LogP contribution is 2.25. The van der Waals surface area contributed by atoms with E-state index in [0.717, 1.165) is 5.56 Å². The molecule has 0 unspecified atom stereocenters. The lowest BCUT2D eigenvalue weighted by Gasteiger charge is -2.09. The second kappa shape index (κ2) is 5.31. The molecule has 3 nitrogen and oxygen atoms in total. The van der Waals surface area contributed by atoms with Crippen LogP contribution in [0.1, 0.15) is 21.6 Å². The number of methoxy groups -OCH3 is 1. The standard InChI is InChI=1S/C14H12BrNO2/c1-9-5-6-12(18-2)10(8-9)14(17)13-11(15)4-3-7-16-13/h3-8H,1-2H3. The highest BCUT2D eigenvalue weighted by molar-refractivity contribution is 9.10. The van der Waals surface area contributed by atoms with Crippen LogP contribution in [0.2, 0.25) is 0 Å². The maximum Gasteiger partial charge on any atom is 0.216 e. The Balaban J connectivity index is 2.52. The topological polar surface area (TPSA) is 39.2 Å². The molecule has 0 bridgehead atoms. The van der Waals surface area contributed by atoms with Crippen LogP contribution in [-0.2, 0) is 0 Å². The number of pyridine rings is 1. The predicted octanol–water partition coefficient (Wildman–Crippen LogP) is 3.39. The first-order valence-electron chi connectivity index (χ1n) is 5.43. The first kappa shape index (κ1) is 12.8. The van der Waals surface area contributed by atoms with Gasteiger partial charge in [0.05, 0.1) is 12.7 Å². The van der Waals surface area contributed by atoms with Crippen LogP contribution in [0.4, 0.5) is 0 Å². The van der Waals surface area contributed by atoms with Gasteiger partial charge in [-0.1, -0.05) is 11.6 Å². The largest absolute Gasteiger partial charge is 0.496 e. The molecular formula is C14H12BrNO2. The van der Waals surface area contributed by atoms with Crippen molar-refractivity contribution < 1.29 is 9.53 Å². The molecule has 0 aliphatic rings. The number of rotatable bonds is 3. The van der Waals surface area contributed by atoms with Gasteiger partial charge in [-0.15, -0.1) is 0 Å². The van der Waals surface area contributed by atoms with E-state index in [1.165, 1.54) is 0 Å². The Morgan fingerprint density at radius 2 is 2.11 bits per heavy atom. The maximum atomic E-state index is 12.4. The Morgan fingerprint density at radius 3 is 2.78 bits per heavy atom. The lowest BCUT2D eigenvalue weighted by molar-refractivity contribution is 0.103. The number of ether oxygens (including phenoxy) is 1. The van der Waals surface area contributed by atoms with Crippen LogP contribution in [0, 0.1) is 6.92 Å². The van der Waals surface area contributed by atoms with Crippen molar-refractivity contribution in [3.05, 3.63) is 57.8 Å². The second-order valence-corrected chi connectivity index (χ2v) is 4.72. The number of hydrogen-bond acceptors (Lipinski definition) is 3. The maximum absolute atomic E-state index is 12.4. The summed E-state index contributed by atoms with van der Waals surface area (Å²) in [5, 5.41) is 0. The smallest absolute Gasteiger partial charge is 0.216 e. The second-order valence-electron chi connectivity index (χ2n) is 3.87. The van der Waals surface area contributed by atoms with Crippen LogP contribution in [0.25, 0.3) is 0 Å². The summed E-state index contributed by atoms with van der Waals surface area (Å²) in [5.41, 5.74) is 1.92. The average molecular weight is 306 g/mol. The van der Waals surface area contributed by atoms with Gasteiger partial charge in [0.15, 0.2) is 0 Å². The van der Waals surface area contributed by atoms with E-state index in [0.29, 0.717) is 21.5 Å². The van der Waals surface area contributed by atoms with Gasteiger partial charge < -0.3 is 4.74 Å². The molecule has 18 heavy (non-hydrogen) atoms. The summed E-state index contributed by atoms with van der Waals surface area (Å²) >= 11 is 3.34. The third-order valence-corrected chi connectivity index (χ3v) is 3.21. The molecule has 2 aromatic rings. The molecule has 0 N–H and O–H groups in total. The summed E-state index contributed by atoms with van der Waals surface area (Å²) in [6.07, 6.45) is 1.60. The van der Waals surface area contributed by atoms with Crippen molar-refractivity contribution in [2.24, 2.45) is 0 Å². The minimum Gasteiger partial charge on any atom is -0.496 e. The van der Waals surface area contributed by atoms with E-state index in [1.807, 2.05) is 19.1 Å². The molecule has 0 atom stereocenters. The lowest BCUT2D eigenvalue weighted by atomic mass is 10.0. The number of hydrogen-bond donors (Lipinski definition) is 0. The van der Waals surface area contributed by atoms with Crippen molar-refractivity contribution in [3.8, 4) is 5.75 Å². The third kappa shape index (κ3) is 2.43. The average Bonchev–Trinajstić information content (AvgIpc) is 2.38. The summed E-state index contributed by atoms with van der Waals surface area (Å²) in [5.74, 6) is 0.408. The van der Waals surface area contributed by atoms with Crippen LogP contribution in [-0.4, -0.2) is 17.9 Å². The third-order valence-electron chi connectivity index (χ3n) is 2.57. The molecule has 1 heterocycles. The molecule has 0 aliphatic heterocycles. The van der Waals surface area contributed by atoms with E-state index in [9.17, 15) is 4.79 Å². The molecule has 0 saturated heterocycles. The molecule has 0 spiro atoms. The molecule has 1 aromatic carbocycles. The van der Waals surface area contributed by atoms with Gasteiger partial charge in [-0.3, -0.25) is 9.78 Å². The molecule has 2 rings (SSSR count). The normalized spacial score (nSPS) is 10.2. The monoisotopic (exact) mass is 305 g/mol. The van der Waals surface area contributed by atoms with Crippen molar-refractivity contribution in [2.45, 2.75) is 6.92 Å².